The molecule has 0 amide bonds. The van der Waals surface area contributed by atoms with Gasteiger partial charge in [-0.15, -0.1) is 0 Å². The number of rotatable bonds is 10. The Morgan fingerprint density at radius 1 is 0.862 bits per heavy atom. The molecule has 2 saturated heterocycles. The van der Waals surface area contributed by atoms with Gasteiger partial charge in [-0.1, -0.05) is 35.2 Å². The molecule has 0 N–H and O–H groups in total. The van der Waals surface area contributed by atoms with Gasteiger partial charge in [0.1, 0.15) is 11.5 Å². The average Bonchev–Trinajstić information content (AvgIpc) is 3.29. The Balaban J connectivity index is 1.83. The largest absolute Gasteiger partial charge is 0.496 e. The Bertz CT molecular complexity index is 669. The fourth-order valence-electron chi connectivity index (χ4n) is 4.36. The lowest BCUT2D eigenvalue weighted by Gasteiger charge is -2.30. The van der Waals surface area contributed by atoms with Gasteiger partial charge in [0.15, 0.2) is 0 Å². The first-order chi connectivity index (χ1) is 13.8. The predicted molar refractivity (Wildman–Crippen MR) is 135 cm³/mol. The zero-order chi connectivity index (χ0) is 20.9. The molecule has 2 nitrogen and oxygen atoms in total. The smallest absolute Gasteiger partial charge is 0.123 e. The van der Waals surface area contributed by atoms with E-state index in [4.69, 9.17) is 30.8 Å². The number of hydrogen-bond acceptors (Lipinski definition) is 2. The standard InChI is InChI=1S/C23H38Cl2O2S2/c1-19(2)9-8-10-27-23-16-20(17-28(24)11-4-5-12-28)22(26-3)15-21(23)18-29(25)13-6-7-14-29/h15-16,19H,4-14,17-18H2,1-3H3. The number of benzene rings is 1. The summed E-state index contributed by atoms with van der Waals surface area (Å²) in [5, 5.41) is 0. The molecule has 6 heteroatoms. The van der Waals surface area contributed by atoms with Crippen LogP contribution in [0.5, 0.6) is 11.5 Å². The van der Waals surface area contributed by atoms with Crippen molar-refractivity contribution in [1.82, 2.24) is 0 Å². The molecule has 2 fully saturated rings. The van der Waals surface area contributed by atoms with Crippen LogP contribution in [0.1, 0.15) is 63.5 Å². The van der Waals surface area contributed by atoms with Gasteiger partial charge in [0, 0.05) is 22.6 Å². The second-order valence-electron chi connectivity index (χ2n) is 9.06. The van der Waals surface area contributed by atoms with Crippen molar-refractivity contribution in [2.75, 3.05) is 36.7 Å². The van der Waals surface area contributed by atoms with E-state index in [2.05, 4.69) is 26.0 Å². The average molecular weight is 482 g/mol. The van der Waals surface area contributed by atoms with E-state index in [1.807, 2.05) is 0 Å². The van der Waals surface area contributed by atoms with Crippen molar-refractivity contribution in [3.05, 3.63) is 23.3 Å². The molecule has 0 atom stereocenters. The van der Waals surface area contributed by atoms with E-state index in [1.54, 1.807) is 7.11 Å². The highest BCUT2D eigenvalue weighted by Crippen LogP contribution is 2.63. The van der Waals surface area contributed by atoms with Crippen LogP contribution in [0.3, 0.4) is 0 Å². The van der Waals surface area contributed by atoms with Crippen LogP contribution in [0.15, 0.2) is 12.1 Å². The summed E-state index contributed by atoms with van der Waals surface area (Å²) in [6.07, 6.45) is 7.32. The van der Waals surface area contributed by atoms with Crippen molar-refractivity contribution >= 4 is 39.8 Å². The summed E-state index contributed by atoms with van der Waals surface area (Å²) in [6, 6.07) is 4.44. The zero-order valence-electron chi connectivity index (χ0n) is 18.3. The first-order valence-corrected chi connectivity index (χ1v) is 17.0. The molecule has 29 heavy (non-hydrogen) atoms. The lowest BCUT2D eigenvalue weighted by atomic mass is 10.1. The van der Waals surface area contributed by atoms with Crippen molar-refractivity contribution in [2.45, 2.75) is 63.9 Å². The molecule has 0 spiro atoms. The van der Waals surface area contributed by atoms with E-state index in [9.17, 15) is 0 Å². The van der Waals surface area contributed by atoms with E-state index in [0.717, 1.165) is 36.0 Å². The summed E-state index contributed by atoms with van der Waals surface area (Å²) < 4.78 is 12.2. The van der Waals surface area contributed by atoms with Gasteiger partial charge in [0.05, 0.1) is 13.7 Å². The van der Waals surface area contributed by atoms with Gasteiger partial charge in [-0.05, 0) is 79.6 Å². The lowest BCUT2D eigenvalue weighted by Crippen LogP contribution is -2.07. The second kappa shape index (κ2) is 10.6. The van der Waals surface area contributed by atoms with Crippen molar-refractivity contribution in [3.63, 3.8) is 0 Å². The highest BCUT2D eigenvalue weighted by molar-refractivity contribution is 8.51. The second-order valence-corrected chi connectivity index (χ2v) is 19.0. The van der Waals surface area contributed by atoms with Crippen LogP contribution in [0.2, 0.25) is 0 Å². The van der Waals surface area contributed by atoms with Gasteiger partial charge in [0.25, 0.3) is 0 Å². The van der Waals surface area contributed by atoms with Gasteiger partial charge in [-0.25, -0.2) is 0 Å². The minimum absolute atomic E-state index is 0.709. The van der Waals surface area contributed by atoms with Gasteiger partial charge in [-0.3, -0.25) is 0 Å². The summed E-state index contributed by atoms with van der Waals surface area (Å²) in [5.74, 6) is 9.22. The summed E-state index contributed by atoms with van der Waals surface area (Å²) >= 11 is 0. The Morgan fingerprint density at radius 2 is 1.34 bits per heavy atom. The molecule has 168 valence electrons. The Kier molecular flexibility index (Phi) is 8.69. The minimum atomic E-state index is -1.08. The highest BCUT2D eigenvalue weighted by atomic mass is 35.7. The van der Waals surface area contributed by atoms with Crippen LogP contribution in [0.4, 0.5) is 0 Å². The molecular formula is C23H38Cl2O2S2. The predicted octanol–water partition coefficient (Wildman–Crippen LogP) is 8.01. The van der Waals surface area contributed by atoms with Gasteiger partial charge in [0.2, 0.25) is 0 Å². The first-order valence-electron chi connectivity index (χ1n) is 11.1. The molecule has 0 unspecified atom stereocenters. The molecule has 1 aromatic carbocycles. The maximum atomic E-state index is 7.04. The molecule has 0 radical (unpaired) electrons. The number of hydrogen-bond donors (Lipinski definition) is 0. The van der Waals surface area contributed by atoms with Crippen LogP contribution in [0.25, 0.3) is 0 Å². The Hall–Kier alpha value is 0.1000. The van der Waals surface area contributed by atoms with Crippen LogP contribution >= 0.6 is 39.8 Å². The highest BCUT2D eigenvalue weighted by Gasteiger charge is 2.30. The summed E-state index contributed by atoms with van der Waals surface area (Å²) in [4.78, 5) is 0. The first kappa shape index (κ1) is 23.8. The quantitative estimate of drug-likeness (QED) is 0.315. The Labute approximate surface area is 190 Å². The van der Waals surface area contributed by atoms with E-state index >= 15 is 0 Å². The maximum absolute atomic E-state index is 7.04. The van der Waals surface area contributed by atoms with E-state index < -0.39 is 18.5 Å². The van der Waals surface area contributed by atoms with Crippen molar-refractivity contribution in [1.29, 1.82) is 0 Å². The van der Waals surface area contributed by atoms with Gasteiger partial charge >= 0.3 is 0 Å². The summed E-state index contributed by atoms with van der Waals surface area (Å²) in [7, 11) is 13.7. The summed E-state index contributed by atoms with van der Waals surface area (Å²) in [6.45, 7) is 5.30. The number of halogens is 2. The summed E-state index contributed by atoms with van der Waals surface area (Å²) in [5.41, 5.74) is 2.44. The third kappa shape index (κ3) is 6.79. The topological polar surface area (TPSA) is 18.5 Å². The van der Waals surface area contributed by atoms with Crippen molar-refractivity contribution < 1.29 is 9.47 Å². The fourth-order valence-corrected chi connectivity index (χ4v) is 11.8. The van der Waals surface area contributed by atoms with Crippen LogP contribution in [-0.4, -0.2) is 36.7 Å². The zero-order valence-corrected chi connectivity index (χ0v) is 21.5. The third-order valence-corrected chi connectivity index (χ3v) is 14.3. The molecule has 1 aromatic rings. The van der Waals surface area contributed by atoms with E-state index in [0.29, 0.717) is 5.92 Å². The maximum Gasteiger partial charge on any atom is 0.123 e. The van der Waals surface area contributed by atoms with Crippen molar-refractivity contribution in [2.24, 2.45) is 5.92 Å². The van der Waals surface area contributed by atoms with Crippen LogP contribution in [0, 0.1) is 5.92 Å². The van der Waals surface area contributed by atoms with Crippen LogP contribution < -0.4 is 9.47 Å². The third-order valence-electron chi connectivity index (χ3n) is 6.02. The van der Waals surface area contributed by atoms with E-state index in [-0.39, 0.29) is 0 Å². The molecular weight excluding hydrogens is 443 g/mol. The van der Waals surface area contributed by atoms with Gasteiger partial charge < -0.3 is 9.47 Å². The molecule has 2 aliphatic heterocycles. The number of ether oxygens (including phenoxy) is 2. The lowest BCUT2D eigenvalue weighted by molar-refractivity contribution is 0.295. The fraction of sp³-hybridized carbons (Fsp3) is 0.739. The van der Waals surface area contributed by atoms with Crippen molar-refractivity contribution in [3.8, 4) is 11.5 Å². The molecule has 3 rings (SSSR count). The monoisotopic (exact) mass is 480 g/mol. The molecule has 0 aliphatic carbocycles. The minimum Gasteiger partial charge on any atom is -0.496 e. The normalized spacial score (nSPS) is 22.6. The number of methoxy groups -OCH3 is 1. The molecule has 0 bridgehead atoms. The van der Waals surface area contributed by atoms with E-state index in [1.165, 1.54) is 66.2 Å². The molecule has 0 saturated carbocycles. The van der Waals surface area contributed by atoms with Crippen LogP contribution in [-0.2, 0) is 11.5 Å². The van der Waals surface area contributed by atoms with Gasteiger partial charge in [-0.2, -0.15) is 18.5 Å². The molecule has 0 aromatic heterocycles. The molecule has 2 heterocycles. The Morgan fingerprint density at radius 3 is 1.83 bits per heavy atom. The SMILES string of the molecule is COc1cc(CS2(Cl)CCCC2)c(OCCCC(C)C)cc1CS1(Cl)CCCC1. The molecule has 2 aliphatic rings.